The summed E-state index contributed by atoms with van der Waals surface area (Å²) in [6, 6.07) is 8.68. The number of anilines is 1. The molecule has 0 saturated carbocycles. The van der Waals surface area contributed by atoms with Crippen molar-refractivity contribution in [3.8, 4) is 5.75 Å². The number of aromatic nitrogens is 2. The van der Waals surface area contributed by atoms with Crippen LogP contribution in [-0.2, 0) is 13.0 Å². The zero-order valence-corrected chi connectivity index (χ0v) is 16.2. The van der Waals surface area contributed by atoms with Gasteiger partial charge in [-0.05, 0) is 25.1 Å². The summed E-state index contributed by atoms with van der Waals surface area (Å²) >= 11 is 1.37. The molecule has 28 heavy (non-hydrogen) atoms. The molecule has 8 nitrogen and oxygen atoms in total. The molecule has 1 N–H and O–H groups in total. The Kier molecular flexibility index (Phi) is 4.82. The molecule has 0 saturated heterocycles. The first-order valence-corrected chi connectivity index (χ1v) is 9.51. The lowest BCUT2D eigenvalue weighted by Crippen LogP contribution is -2.35. The fourth-order valence-corrected chi connectivity index (χ4v) is 4.01. The van der Waals surface area contributed by atoms with E-state index in [1.807, 2.05) is 0 Å². The Morgan fingerprint density at radius 1 is 1.32 bits per heavy atom. The molecule has 1 aliphatic rings. The lowest BCUT2D eigenvalue weighted by molar-refractivity contribution is 0.0735. The highest BCUT2D eigenvalue weighted by Gasteiger charge is 2.26. The topological polar surface area (TPSA) is 97.6 Å². The van der Waals surface area contributed by atoms with E-state index in [0.29, 0.717) is 41.7 Å². The number of benzene rings is 1. The van der Waals surface area contributed by atoms with Crippen LogP contribution in [0.25, 0.3) is 0 Å². The maximum atomic E-state index is 12.8. The molecule has 0 spiro atoms. The first-order chi connectivity index (χ1) is 13.5. The summed E-state index contributed by atoms with van der Waals surface area (Å²) in [6.07, 6.45) is 0.639. The number of nitrogens with zero attached hydrogens (tertiary/aromatic N) is 3. The quantitative estimate of drug-likeness (QED) is 0.726. The van der Waals surface area contributed by atoms with Crippen molar-refractivity contribution in [2.75, 3.05) is 19.0 Å². The van der Waals surface area contributed by atoms with Gasteiger partial charge in [-0.15, -0.1) is 0 Å². The van der Waals surface area contributed by atoms with Gasteiger partial charge in [0.2, 0.25) is 0 Å². The summed E-state index contributed by atoms with van der Waals surface area (Å²) in [5.74, 6) is 0.790. The third-order valence-electron chi connectivity index (χ3n) is 4.42. The summed E-state index contributed by atoms with van der Waals surface area (Å²) in [6.45, 7) is 2.75. The van der Waals surface area contributed by atoms with Crippen LogP contribution in [0.4, 0.5) is 5.13 Å². The minimum absolute atomic E-state index is 0.0541. The standard InChI is InChI=1S/C19H18N4O4S/c1-11-8-15(22-27-11)17(24)21-19-20-14-6-7-23(10-16(14)28-19)18(25)12-4-3-5-13(9-12)26-2/h3-5,8-9H,6-7,10H2,1-2H3,(H,20,21,24). The molecule has 0 atom stereocenters. The zero-order valence-electron chi connectivity index (χ0n) is 15.4. The van der Waals surface area contributed by atoms with Gasteiger partial charge in [-0.25, -0.2) is 4.98 Å². The molecular formula is C19H18N4O4S. The van der Waals surface area contributed by atoms with Crippen molar-refractivity contribution in [2.24, 2.45) is 0 Å². The first kappa shape index (κ1) is 18.2. The van der Waals surface area contributed by atoms with E-state index in [4.69, 9.17) is 9.26 Å². The molecule has 2 amide bonds. The summed E-state index contributed by atoms with van der Waals surface area (Å²) in [4.78, 5) is 32.3. The van der Waals surface area contributed by atoms with Crippen LogP contribution in [0.3, 0.4) is 0 Å². The second kappa shape index (κ2) is 7.43. The van der Waals surface area contributed by atoms with E-state index in [-0.39, 0.29) is 17.5 Å². The zero-order chi connectivity index (χ0) is 19.7. The predicted molar refractivity (Wildman–Crippen MR) is 103 cm³/mol. The monoisotopic (exact) mass is 398 g/mol. The highest BCUT2D eigenvalue weighted by molar-refractivity contribution is 7.15. The van der Waals surface area contributed by atoms with Crippen LogP contribution in [0.1, 0.15) is 37.2 Å². The van der Waals surface area contributed by atoms with Crippen LogP contribution in [0, 0.1) is 6.92 Å². The van der Waals surface area contributed by atoms with Gasteiger partial charge in [0, 0.05) is 29.5 Å². The molecule has 144 valence electrons. The van der Waals surface area contributed by atoms with Crippen molar-refractivity contribution in [1.82, 2.24) is 15.0 Å². The number of amides is 2. The molecule has 0 unspecified atom stereocenters. The van der Waals surface area contributed by atoms with E-state index >= 15 is 0 Å². The number of hydrogen-bond acceptors (Lipinski definition) is 7. The molecule has 3 aromatic rings. The number of methoxy groups -OCH3 is 1. The third-order valence-corrected chi connectivity index (χ3v) is 5.41. The van der Waals surface area contributed by atoms with E-state index in [1.54, 1.807) is 49.3 Å². The maximum absolute atomic E-state index is 12.8. The van der Waals surface area contributed by atoms with Crippen molar-refractivity contribution in [3.63, 3.8) is 0 Å². The molecular weight excluding hydrogens is 380 g/mol. The fourth-order valence-electron chi connectivity index (χ4n) is 3.00. The maximum Gasteiger partial charge on any atom is 0.279 e. The van der Waals surface area contributed by atoms with E-state index in [2.05, 4.69) is 15.5 Å². The van der Waals surface area contributed by atoms with E-state index < -0.39 is 0 Å². The van der Waals surface area contributed by atoms with Crippen LogP contribution < -0.4 is 10.1 Å². The number of thiazole rings is 1. The molecule has 0 bridgehead atoms. The van der Waals surface area contributed by atoms with Crippen LogP contribution in [0.5, 0.6) is 5.75 Å². The minimum Gasteiger partial charge on any atom is -0.497 e. The average Bonchev–Trinajstić information content (AvgIpc) is 3.32. The number of ether oxygens (including phenoxy) is 1. The number of carbonyl (C=O) groups excluding carboxylic acids is 2. The van der Waals surface area contributed by atoms with Gasteiger partial charge in [-0.3, -0.25) is 14.9 Å². The molecule has 0 radical (unpaired) electrons. The predicted octanol–water partition coefficient (Wildman–Crippen LogP) is 2.90. The SMILES string of the molecule is COc1cccc(C(=O)N2CCc3nc(NC(=O)c4cc(C)on4)sc3C2)c1. The summed E-state index contributed by atoms with van der Waals surface area (Å²) in [5.41, 5.74) is 1.70. The summed E-state index contributed by atoms with van der Waals surface area (Å²) < 4.78 is 10.1. The van der Waals surface area contributed by atoms with Gasteiger partial charge in [-0.1, -0.05) is 22.6 Å². The van der Waals surface area contributed by atoms with E-state index in [1.165, 1.54) is 11.3 Å². The van der Waals surface area contributed by atoms with Crippen LogP contribution >= 0.6 is 11.3 Å². The van der Waals surface area contributed by atoms with E-state index in [0.717, 1.165) is 10.6 Å². The number of carbonyl (C=O) groups is 2. The van der Waals surface area contributed by atoms with Crippen LogP contribution in [0.2, 0.25) is 0 Å². The van der Waals surface area contributed by atoms with Crippen molar-refractivity contribution < 1.29 is 18.8 Å². The lowest BCUT2D eigenvalue weighted by atomic mass is 10.1. The number of rotatable bonds is 4. The Morgan fingerprint density at radius 2 is 2.18 bits per heavy atom. The lowest BCUT2D eigenvalue weighted by Gasteiger charge is -2.26. The van der Waals surface area contributed by atoms with Gasteiger partial charge in [0.1, 0.15) is 11.5 Å². The fraction of sp³-hybridized carbons (Fsp3) is 0.263. The van der Waals surface area contributed by atoms with Crippen molar-refractivity contribution >= 4 is 28.3 Å². The van der Waals surface area contributed by atoms with Crippen LogP contribution in [-0.4, -0.2) is 40.5 Å². The highest BCUT2D eigenvalue weighted by Crippen LogP contribution is 2.29. The summed E-state index contributed by atoms with van der Waals surface area (Å²) in [5, 5.41) is 6.94. The van der Waals surface area contributed by atoms with Gasteiger partial charge in [0.05, 0.1) is 19.3 Å². The van der Waals surface area contributed by atoms with Gasteiger partial charge in [-0.2, -0.15) is 0 Å². The number of fused-ring (bicyclic) bond motifs is 1. The molecule has 2 aromatic heterocycles. The van der Waals surface area contributed by atoms with Gasteiger partial charge in [0.25, 0.3) is 11.8 Å². The Morgan fingerprint density at radius 3 is 2.93 bits per heavy atom. The Labute approximate surface area is 165 Å². The smallest absolute Gasteiger partial charge is 0.279 e. The van der Waals surface area contributed by atoms with E-state index in [9.17, 15) is 9.59 Å². The number of nitrogens with one attached hydrogen (secondary N) is 1. The van der Waals surface area contributed by atoms with Crippen LogP contribution in [0.15, 0.2) is 34.9 Å². The second-order valence-corrected chi connectivity index (χ2v) is 7.46. The minimum atomic E-state index is -0.368. The van der Waals surface area contributed by atoms with Gasteiger partial charge >= 0.3 is 0 Å². The Balaban J connectivity index is 1.47. The Hall–Kier alpha value is -3.20. The summed E-state index contributed by atoms with van der Waals surface area (Å²) in [7, 11) is 1.57. The van der Waals surface area contributed by atoms with Gasteiger partial charge < -0.3 is 14.2 Å². The molecule has 1 aromatic carbocycles. The van der Waals surface area contributed by atoms with Crippen molar-refractivity contribution in [1.29, 1.82) is 0 Å². The highest BCUT2D eigenvalue weighted by atomic mass is 32.1. The normalized spacial score (nSPS) is 13.1. The Bertz CT molecular complexity index is 1040. The third kappa shape index (κ3) is 3.61. The number of aryl methyl sites for hydroxylation is 1. The largest absolute Gasteiger partial charge is 0.497 e. The van der Waals surface area contributed by atoms with Crippen molar-refractivity contribution in [2.45, 2.75) is 19.9 Å². The molecule has 0 aliphatic carbocycles. The molecule has 1 aliphatic heterocycles. The van der Waals surface area contributed by atoms with Gasteiger partial charge in [0.15, 0.2) is 10.8 Å². The first-order valence-electron chi connectivity index (χ1n) is 8.70. The second-order valence-electron chi connectivity index (χ2n) is 6.37. The molecule has 0 fully saturated rings. The number of hydrogen-bond donors (Lipinski definition) is 1. The molecule has 9 heteroatoms. The average molecular weight is 398 g/mol. The molecule has 4 rings (SSSR count). The molecule has 3 heterocycles. The van der Waals surface area contributed by atoms with Crippen molar-refractivity contribution in [3.05, 3.63) is 57.9 Å².